The van der Waals surface area contributed by atoms with E-state index in [0.717, 1.165) is 6.42 Å². The van der Waals surface area contributed by atoms with E-state index in [1.807, 2.05) is 74.5 Å². The number of alkyl carbamates (subject to hydrolysis) is 1. The molecule has 5 heterocycles. The molecule has 0 bridgehead atoms. The maximum atomic E-state index is 14.6. The van der Waals surface area contributed by atoms with Crippen LogP contribution in [0.5, 0.6) is 0 Å². The monoisotopic (exact) mass is 872 g/mol. The third-order valence-electron chi connectivity index (χ3n) is 15.3. The van der Waals surface area contributed by atoms with Crippen LogP contribution in [-0.2, 0) is 38.0 Å². The van der Waals surface area contributed by atoms with Gasteiger partial charge in [0.05, 0.1) is 54.4 Å². The van der Waals surface area contributed by atoms with Crippen molar-refractivity contribution in [1.82, 2.24) is 5.32 Å². The van der Waals surface area contributed by atoms with Crippen molar-refractivity contribution in [2.45, 2.75) is 213 Å². The Bertz CT molecular complexity index is 1530. The summed E-state index contributed by atoms with van der Waals surface area (Å²) in [4.78, 5) is 39.7. The molecule has 5 rings (SSSR count). The molecule has 4 saturated heterocycles. The number of carbonyl (C=O) groups is 3. The number of ether oxygens (including phenoxy) is 6. The maximum absolute atomic E-state index is 14.6. The van der Waals surface area contributed by atoms with Gasteiger partial charge < -0.3 is 53.9 Å². The van der Waals surface area contributed by atoms with Crippen molar-refractivity contribution in [1.29, 1.82) is 0 Å². The van der Waals surface area contributed by atoms with Gasteiger partial charge in [0.1, 0.15) is 11.8 Å². The van der Waals surface area contributed by atoms with Gasteiger partial charge in [0.15, 0.2) is 11.6 Å². The molecule has 14 heteroatoms. The Labute approximate surface area is 387 Å². The molecule has 0 radical (unpaired) electrons. The number of amides is 1. The molecule has 3 N–H and O–H groups in total. The van der Waals surface area contributed by atoms with Crippen molar-refractivity contribution in [3.8, 4) is 0 Å². The molecule has 0 aliphatic carbocycles. The van der Waals surface area contributed by atoms with Crippen LogP contribution in [0.25, 0.3) is 0 Å². The number of hydrogen-bond donors (Lipinski definition) is 3. The molecule has 5 aliphatic heterocycles. The van der Waals surface area contributed by atoms with E-state index >= 15 is 0 Å². The van der Waals surface area contributed by atoms with Gasteiger partial charge >= 0.3 is 35.7 Å². The first-order valence-corrected chi connectivity index (χ1v) is 23.3. The standard InChI is InChI=1S/C47H79NO12.Na/c1-13-33(42(51)52)35-17-16-27(6)40(57-35)31(10)38(49)30(9)39(50)34(14-2)41-28(7)24-29(8)46(58-41)21-18-36(48-43(53)55-25-26(4)5)47(60-46)23-22-44(12,59-47)37-19-20-45(54,15-3)32(11)56-37;/h18,21,26-38,40-41,49,54H,13-17,19-20,22-25H2,1-12H3,(H,48,53)(H,51,52);/q;+1/p-1/t27-,28-,29+,30-,31-,32-,33+,34-,35+,36-,37+,38+,40+,41-,44-,45+,46-,47-;/m0./s1. The van der Waals surface area contributed by atoms with Crippen molar-refractivity contribution in [3.05, 3.63) is 12.2 Å². The molecular weight excluding hydrogens is 794 g/mol. The van der Waals surface area contributed by atoms with Gasteiger partial charge in [-0.1, -0.05) is 75.3 Å². The third kappa shape index (κ3) is 10.9. The average molecular weight is 872 g/mol. The Kier molecular flexibility index (Phi) is 18.1. The Morgan fingerprint density at radius 2 is 1.57 bits per heavy atom. The Morgan fingerprint density at radius 3 is 2.16 bits per heavy atom. The van der Waals surface area contributed by atoms with Crippen LogP contribution >= 0.6 is 0 Å². The summed E-state index contributed by atoms with van der Waals surface area (Å²) in [5.41, 5.74) is -1.73. The number of carboxylic acids is 1. The number of aliphatic hydroxyl groups is 2. The van der Waals surface area contributed by atoms with E-state index in [9.17, 15) is 29.7 Å². The van der Waals surface area contributed by atoms with E-state index in [2.05, 4.69) is 19.2 Å². The van der Waals surface area contributed by atoms with E-state index in [1.165, 1.54) is 0 Å². The second-order valence-corrected chi connectivity index (χ2v) is 20.1. The van der Waals surface area contributed by atoms with Crippen LogP contribution in [0.3, 0.4) is 0 Å². The van der Waals surface area contributed by atoms with Crippen LogP contribution in [-0.4, -0.2) is 100 Å². The molecule has 18 atom stereocenters. The minimum absolute atomic E-state index is 0. The molecule has 61 heavy (non-hydrogen) atoms. The van der Waals surface area contributed by atoms with Gasteiger partial charge in [-0.3, -0.25) is 4.79 Å². The van der Waals surface area contributed by atoms with Gasteiger partial charge in [-0.25, -0.2) is 4.79 Å². The van der Waals surface area contributed by atoms with Crippen LogP contribution in [0.1, 0.15) is 147 Å². The van der Waals surface area contributed by atoms with E-state index in [4.69, 9.17) is 28.4 Å². The maximum Gasteiger partial charge on any atom is 1.00 e. The first-order valence-electron chi connectivity index (χ1n) is 23.3. The van der Waals surface area contributed by atoms with Crippen molar-refractivity contribution in [2.24, 2.45) is 47.3 Å². The second kappa shape index (κ2) is 21.0. The molecule has 13 nitrogen and oxygen atoms in total. The predicted octanol–water partition coefficient (Wildman–Crippen LogP) is 3.25. The number of rotatable bonds is 15. The zero-order chi connectivity index (χ0) is 44.5. The number of aliphatic carboxylic acids is 1. The second-order valence-electron chi connectivity index (χ2n) is 20.1. The summed E-state index contributed by atoms with van der Waals surface area (Å²) in [6.07, 6.45) is 5.54. The molecule has 0 saturated carbocycles. The molecule has 0 unspecified atom stereocenters. The summed E-state index contributed by atoms with van der Waals surface area (Å²) in [6.45, 7) is 23.7. The summed E-state index contributed by atoms with van der Waals surface area (Å²) >= 11 is 0. The van der Waals surface area contributed by atoms with Gasteiger partial charge in [-0.2, -0.15) is 0 Å². The molecule has 0 aromatic carbocycles. The summed E-state index contributed by atoms with van der Waals surface area (Å²) in [6, 6.07) is -0.726. The van der Waals surface area contributed by atoms with Gasteiger partial charge in [-0.05, 0) is 95.5 Å². The summed E-state index contributed by atoms with van der Waals surface area (Å²) in [7, 11) is 0. The number of hydrogen-bond acceptors (Lipinski definition) is 12. The minimum atomic E-state index is -1.36. The fourth-order valence-corrected chi connectivity index (χ4v) is 11.1. The van der Waals surface area contributed by atoms with Gasteiger partial charge in [0, 0.05) is 42.0 Å². The normalized spacial score (nSPS) is 41.4. The minimum Gasteiger partial charge on any atom is -0.550 e. The number of nitrogens with one attached hydrogen (secondary N) is 1. The zero-order valence-electron chi connectivity index (χ0n) is 39.6. The Hall–Kier alpha value is -1.13. The van der Waals surface area contributed by atoms with Crippen LogP contribution in [0.4, 0.5) is 4.79 Å². The summed E-state index contributed by atoms with van der Waals surface area (Å²) in [5.74, 6) is -6.36. The van der Waals surface area contributed by atoms with E-state index in [-0.39, 0.29) is 71.7 Å². The fraction of sp³-hybridized carbons (Fsp3) is 0.894. The molecule has 344 valence electrons. The summed E-state index contributed by atoms with van der Waals surface area (Å²) < 4.78 is 39.9. The van der Waals surface area contributed by atoms with E-state index in [1.54, 1.807) is 6.92 Å². The number of aliphatic hydroxyl groups excluding tert-OH is 1. The van der Waals surface area contributed by atoms with Crippen molar-refractivity contribution < 1.29 is 87.7 Å². The predicted molar refractivity (Wildman–Crippen MR) is 223 cm³/mol. The topological polar surface area (TPSA) is 182 Å². The largest absolute Gasteiger partial charge is 1.00 e. The Balaban J connectivity index is 0.00000819. The summed E-state index contributed by atoms with van der Waals surface area (Å²) in [5, 5.41) is 37.9. The molecule has 0 aromatic heterocycles. The number of ketones is 1. The molecule has 2 spiro atoms. The van der Waals surface area contributed by atoms with Crippen molar-refractivity contribution in [2.75, 3.05) is 6.61 Å². The SMILES string of the molecule is CC[C@@H](C(=O)[C@@H](C)[C@@H](O)[C@H](C)[C@@H]1O[C@@H]([C@@H](CC)C(=O)[O-])CC[C@@H]1C)[C@H]1O[C@]2(C=C[C@H](NC(=O)OCC(C)C)[C@]3(CC[C@@](C)([C@H]4CC[C@](O)(CC)[C@H](C)O4)O3)O2)[C@H](C)C[C@@H]1C.[Na+]. The molecule has 1 amide bonds. The Morgan fingerprint density at radius 1 is 0.902 bits per heavy atom. The van der Waals surface area contributed by atoms with Crippen molar-refractivity contribution >= 4 is 17.8 Å². The van der Waals surface area contributed by atoms with Crippen LogP contribution in [0.2, 0.25) is 0 Å². The quantitative estimate of drug-likeness (QED) is 0.162. The van der Waals surface area contributed by atoms with Gasteiger partial charge in [-0.15, -0.1) is 0 Å². The third-order valence-corrected chi connectivity index (χ3v) is 15.3. The number of Topliss-reactive ketones (excluding diaryl/α,β-unsaturated/α-hetero) is 1. The van der Waals surface area contributed by atoms with E-state index < -0.39 is 95.1 Å². The first kappa shape index (κ1) is 52.5. The van der Waals surface area contributed by atoms with E-state index in [0.29, 0.717) is 57.8 Å². The van der Waals surface area contributed by atoms with Crippen LogP contribution < -0.4 is 40.0 Å². The van der Waals surface area contributed by atoms with Gasteiger partial charge in [0.25, 0.3) is 0 Å². The smallest absolute Gasteiger partial charge is 0.550 e. The zero-order valence-corrected chi connectivity index (χ0v) is 41.6. The molecule has 0 aromatic rings. The average Bonchev–Trinajstić information content (AvgIpc) is 3.54. The molecule has 5 aliphatic rings. The molecular formula is C47H78NNaO12. The first-order chi connectivity index (χ1) is 28.1. The van der Waals surface area contributed by atoms with Crippen LogP contribution in [0.15, 0.2) is 12.2 Å². The van der Waals surface area contributed by atoms with Crippen LogP contribution in [0, 0.1) is 47.3 Å². The fourth-order valence-electron chi connectivity index (χ4n) is 11.1. The van der Waals surface area contributed by atoms with Crippen molar-refractivity contribution in [3.63, 3.8) is 0 Å². The van der Waals surface area contributed by atoms with Gasteiger partial charge in [0.2, 0.25) is 0 Å². The number of carboxylic acid groups (broad SMARTS) is 1. The number of carbonyl (C=O) groups excluding carboxylic acids is 3. The molecule has 4 fully saturated rings.